The quantitative estimate of drug-likeness (QED) is 0.136. The van der Waals surface area contributed by atoms with Gasteiger partial charge in [0, 0.05) is 87.6 Å². The Morgan fingerprint density at radius 1 is 0.673 bits per heavy atom. The molecule has 0 aliphatic heterocycles. The van der Waals surface area contributed by atoms with Crippen molar-refractivity contribution in [1.82, 2.24) is 35.0 Å². The van der Waals surface area contributed by atoms with Crippen molar-refractivity contribution in [1.29, 1.82) is 0 Å². The standard InChI is InChI=1S/C35H45N7O7/c43-32(44)23-41(30-9-1-2-10-31(30)42(24-33(45)46)25-34(47)48)19-14-28-12-11-26(21-39-28)35(49)38-17-20-40(22-29-8-4-6-16-37-29)18-13-27-7-3-5-15-36-27/h3-8,11-12,15-16,21,30-31H,1-2,9-10,13-14,17-20,22-25H2,(H,38,49)(H,43,44)(H,45,46)(H,47,48). The molecule has 0 radical (unpaired) electrons. The Bertz CT molecular complexity index is 1480. The molecule has 0 aromatic carbocycles. The fourth-order valence-electron chi connectivity index (χ4n) is 6.32. The zero-order valence-electron chi connectivity index (χ0n) is 27.6. The Balaban J connectivity index is 1.33. The molecule has 2 atom stereocenters. The van der Waals surface area contributed by atoms with Crippen molar-refractivity contribution in [3.8, 4) is 0 Å². The smallest absolute Gasteiger partial charge is 0.317 e. The van der Waals surface area contributed by atoms with Gasteiger partial charge in [0.1, 0.15) is 0 Å². The van der Waals surface area contributed by atoms with Gasteiger partial charge in [0.2, 0.25) is 0 Å². The average molecular weight is 676 g/mol. The van der Waals surface area contributed by atoms with Crippen LogP contribution in [0.2, 0.25) is 0 Å². The third kappa shape index (κ3) is 12.6. The number of nitrogens with one attached hydrogen (secondary N) is 1. The third-order valence-electron chi connectivity index (χ3n) is 8.62. The molecule has 0 saturated heterocycles. The number of rotatable bonds is 20. The van der Waals surface area contributed by atoms with E-state index < -0.39 is 37.0 Å². The lowest BCUT2D eigenvalue weighted by molar-refractivity contribution is -0.146. The zero-order valence-corrected chi connectivity index (χ0v) is 27.6. The van der Waals surface area contributed by atoms with E-state index >= 15 is 0 Å². The lowest BCUT2D eigenvalue weighted by Gasteiger charge is -2.43. The van der Waals surface area contributed by atoms with E-state index in [0.29, 0.717) is 56.7 Å². The number of carbonyl (C=O) groups is 4. The second kappa shape index (κ2) is 19.3. The lowest BCUT2D eigenvalue weighted by atomic mass is 9.87. The first-order chi connectivity index (χ1) is 23.7. The monoisotopic (exact) mass is 675 g/mol. The van der Waals surface area contributed by atoms with Crippen molar-refractivity contribution in [2.24, 2.45) is 0 Å². The maximum absolute atomic E-state index is 13.0. The summed E-state index contributed by atoms with van der Waals surface area (Å²) in [5.74, 6) is -3.55. The molecule has 49 heavy (non-hydrogen) atoms. The molecule has 14 nitrogen and oxygen atoms in total. The van der Waals surface area contributed by atoms with Gasteiger partial charge in [-0.1, -0.05) is 25.0 Å². The van der Waals surface area contributed by atoms with Gasteiger partial charge >= 0.3 is 17.9 Å². The van der Waals surface area contributed by atoms with Gasteiger partial charge in [0.05, 0.1) is 30.9 Å². The molecular weight excluding hydrogens is 630 g/mol. The van der Waals surface area contributed by atoms with E-state index in [1.165, 1.54) is 11.1 Å². The van der Waals surface area contributed by atoms with Crippen LogP contribution in [0.5, 0.6) is 0 Å². The highest BCUT2D eigenvalue weighted by molar-refractivity contribution is 5.93. The van der Waals surface area contributed by atoms with E-state index in [1.54, 1.807) is 29.4 Å². The van der Waals surface area contributed by atoms with Gasteiger partial charge < -0.3 is 20.6 Å². The van der Waals surface area contributed by atoms with Gasteiger partial charge in [0.25, 0.3) is 5.91 Å². The molecule has 1 fully saturated rings. The van der Waals surface area contributed by atoms with Gasteiger partial charge in [-0.15, -0.1) is 0 Å². The molecule has 3 aromatic heterocycles. The van der Waals surface area contributed by atoms with Crippen LogP contribution in [0, 0.1) is 0 Å². The predicted molar refractivity (Wildman–Crippen MR) is 180 cm³/mol. The van der Waals surface area contributed by atoms with Crippen molar-refractivity contribution >= 4 is 23.8 Å². The van der Waals surface area contributed by atoms with Crippen molar-refractivity contribution < 1.29 is 34.5 Å². The number of carboxylic acid groups (broad SMARTS) is 3. The maximum Gasteiger partial charge on any atom is 0.317 e. The van der Waals surface area contributed by atoms with Crippen LogP contribution in [0.15, 0.2) is 67.1 Å². The number of nitrogens with zero attached hydrogens (tertiary/aromatic N) is 6. The topological polar surface area (TPSA) is 189 Å². The number of hydrogen-bond donors (Lipinski definition) is 4. The highest BCUT2D eigenvalue weighted by Gasteiger charge is 2.36. The molecule has 2 unspecified atom stereocenters. The number of pyridine rings is 3. The SMILES string of the molecule is O=C(O)CN(CCc1ccc(C(=O)NCCN(CCc2ccccn2)Cc2ccccn2)cn1)C1CCCCC1N(CC(=O)O)CC(=O)O. The Morgan fingerprint density at radius 2 is 1.24 bits per heavy atom. The molecule has 4 N–H and O–H groups in total. The van der Waals surface area contributed by atoms with Crippen LogP contribution in [0.25, 0.3) is 0 Å². The second-order valence-electron chi connectivity index (χ2n) is 12.2. The highest BCUT2D eigenvalue weighted by Crippen LogP contribution is 2.28. The zero-order chi connectivity index (χ0) is 35.0. The fraction of sp³-hybridized carbons (Fsp3) is 0.457. The minimum atomic E-state index is -1.13. The molecule has 1 aliphatic rings. The Kier molecular flexibility index (Phi) is 14.6. The van der Waals surface area contributed by atoms with Gasteiger partial charge in [-0.3, -0.25) is 48.8 Å². The summed E-state index contributed by atoms with van der Waals surface area (Å²) in [6, 6.07) is 14.3. The van der Waals surface area contributed by atoms with Crippen molar-refractivity contribution in [2.75, 3.05) is 45.8 Å². The minimum absolute atomic E-state index is 0.254. The number of aromatic nitrogens is 3. The highest BCUT2D eigenvalue weighted by atomic mass is 16.4. The number of hydrogen-bond acceptors (Lipinski definition) is 10. The first-order valence-corrected chi connectivity index (χ1v) is 16.6. The molecular formula is C35H45N7O7. The van der Waals surface area contributed by atoms with E-state index in [1.807, 2.05) is 36.4 Å². The van der Waals surface area contributed by atoms with Crippen LogP contribution in [0.4, 0.5) is 0 Å². The number of amides is 1. The Hall–Kier alpha value is -4.79. The van der Waals surface area contributed by atoms with Crippen molar-refractivity contribution in [3.63, 3.8) is 0 Å². The van der Waals surface area contributed by atoms with E-state index in [9.17, 15) is 34.5 Å². The van der Waals surface area contributed by atoms with Crippen molar-refractivity contribution in [2.45, 2.75) is 57.2 Å². The fourth-order valence-corrected chi connectivity index (χ4v) is 6.32. The van der Waals surface area contributed by atoms with Gasteiger partial charge in [-0.2, -0.15) is 0 Å². The second-order valence-corrected chi connectivity index (χ2v) is 12.2. The van der Waals surface area contributed by atoms with Crippen LogP contribution in [-0.4, -0.2) is 127 Å². The lowest BCUT2D eigenvalue weighted by Crippen LogP contribution is -2.56. The summed E-state index contributed by atoms with van der Waals surface area (Å²) in [6.07, 6.45) is 9.05. The van der Waals surface area contributed by atoms with E-state index in [2.05, 4.69) is 25.2 Å². The van der Waals surface area contributed by atoms with E-state index in [-0.39, 0.29) is 18.5 Å². The summed E-state index contributed by atoms with van der Waals surface area (Å²) < 4.78 is 0. The molecule has 0 bridgehead atoms. The molecule has 1 saturated carbocycles. The third-order valence-corrected chi connectivity index (χ3v) is 8.62. The maximum atomic E-state index is 13.0. The summed E-state index contributed by atoms with van der Waals surface area (Å²) in [4.78, 5) is 66.6. The van der Waals surface area contributed by atoms with Gasteiger partial charge in [0.15, 0.2) is 0 Å². The normalized spacial score (nSPS) is 16.1. The van der Waals surface area contributed by atoms with Crippen LogP contribution in [-0.2, 0) is 33.8 Å². The Labute approximate surface area is 285 Å². The van der Waals surface area contributed by atoms with Crippen LogP contribution in [0.1, 0.15) is 53.1 Å². The molecule has 3 aromatic rings. The number of aliphatic carboxylic acids is 3. The molecule has 0 spiro atoms. The number of carbonyl (C=O) groups excluding carboxylic acids is 1. The molecule has 3 heterocycles. The summed E-state index contributed by atoms with van der Waals surface area (Å²) >= 11 is 0. The van der Waals surface area contributed by atoms with E-state index in [4.69, 9.17) is 0 Å². The van der Waals surface area contributed by atoms with E-state index in [0.717, 1.165) is 37.2 Å². The molecule has 14 heteroatoms. The Morgan fingerprint density at radius 3 is 1.82 bits per heavy atom. The molecule has 1 aliphatic carbocycles. The van der Waals surface area contributed by atoms with Crippen LogP contribution < -0.4 is 5.32 Å². The van der Waals surface area contributed by atoms with Gasteiger partial charge in [-0.05, 0) is 49.2 Å². The average Bonchev–Trinajstić information content (AvgIpc) is 3.09. The summed E-state index contributed by atoms with van der Waals surface area (Å²) in [5, 5.41) is 31.5. The first kappa shape index (κ1) is 37.0. The van der Waals surface area contributed by atoms with Gasteiger partial charge in [-0.25, -0.2) is 0 Å². The first-order valence-electron chi connectivity index (χ1n) is 16.6. The summed E-state index contributed by atoms with van der Waals surface area (Å²) in [5.41, 5.74) is 3.00. The summed E-state index contributed by atoms with van der Waals surface area (Å²) in [7, 11) is 0. The van der Waals surface area contributed by atoms with Crippen LogP contribution >= 0.6 is 0 Å². The predicted octanol–water partition coefficient (Wildman–Crippen LogP) is 2.06. The van der Waals surface area contributed by atoms with Crippen LogP contribution in [0.3, 0.4) is 0 Å². The van der Waals surface area contributed by atoms with Crippen molar-refractivity contribution in [3.05, 3.63) is 89.8 Å². The number of carboxylic acids is 3. The summed E-state index contributed by atoms with van der Waals surface area (Å²) in [6.45, 7) is 1.59. The molecule has 262 valence electrons. The minimum Gasteiger partial charge on any atom is -0.480 e. The largest absolute Gasteiger partial charge is 0.480 e. The molecule has 1 amide bonds. The molecule has 4 rings (SSSR count).